The standard InChI is InChI=1S/C11H15F3N2O2S/c1-16(2)19(17,18)10-6-4-3-5-9(10)15-8-7-11(12,13)14/h3-6,15H,7-8H2,1-2H3. The van der Waals surface area contributed by atoms with E-state index in [4.69, 9.17) is 0 Å². The van der Waals surface area contributed by atoms with Crippen molar-refractivity contribution >= 4 is 15.7 Å². The van der Waals surface area contributed by atoms with Crippen LogP contribution < -0.4 is 5.32 Å². The SMILES string of the molecule is CN(C)S(=O)(=O)c1ccccc1NCCC(F)(F)F. The van der Waals surface area contributed by atoms with Crippen LogP contribution in [0.1, 0.15) is 6.42 Å². The minimum absolute atomic E-state index is 0.0397. The second-order valence-electron chi connectivity index (χ2n) is 4.08. The van der Waals surface area contributed by atoms with Gasteiger partial charge >= 0.3 is 6.18 Å². The zero-order chi connectivity index (χ0) is 14.7. The van der Waals surface area contributed by atoms with Crippen molar-refractivity contribution in [3.05, 3.63) is 24.3 Å². The molecule has 0 aliphatic heterocycles. The van der Waals surface area contributed by atoms with Crippen molar-refractivity contribution in [1.82, 2.24) is 4.31 Å². The van der Waals surface area contributed by atoms with E-state index >= 15 is 0 Å². The Morgan fingerprint density at radius 3 is 2.32 bits per heavy atom. The molecular weight excluding hydrogens is 281 g/mol. The van der Waals surface area contributed by atoms with Crippen molar-refractivity contribution in [2.75, 3.05) is 26.0 Å². The first-order chi connectivity index (χ1) is 8.64. The highest BCUT2D eigenvalue weighted by Crippen LogP contribution is 2.24. The number of sulfonamides is 1. The molecular formula is C11H15F3N2O2S. The van der Waals surface area contributed by atoms with E-state index in [1.54, 1.807) is 6.07 Å². The minimum atomic E-state index is -4.28. The van der Waals surface area contributed by atoms with E-state index in [2.05, 4.69) is 5.32 Å². The molecule has 1 aromatic carbocycles. The van der Waals surface area contributed by atoms with Crippen molar-refractivity contribution in [3.8, 4) is 0 Å². The van der Waals surface area contributed by atoms with Gasteiger partial charge in [0.25, 0.3) is 0 Å². The summed E-state index contributed by atoms with van der Waals surface area (Å²) in [7, 11) is -0.958. The molecule has 0 radical (unpaired) electrons. The van der Waals surface area contributed by atoms with Crippen LogP contribution in [0.15, 0.2) is 29.2 Å². The van der Waals surface area contributed by atoms with Crippen LogP contribution >= 0.6 is 0 Å². The van der Waals surface area contributed by atoms with E-state index in [9.17, 15) is 21.6 Å². The quantitative estimate of drug-likeness (QED) is 0.907. The summed E-state index contributed by atoms with van der Waals surface area (Å²) in [6.45, 7) is -0.372. The molecule has 1 N–H and O–H groups in total. The van der Waals surface area contributed by atoms with Gasteiger partial charge in [0.05, 0.1) is 12.1 Å². The van der Waals surface area contributed by atoms with Crippen LogP contribution in [0, 0.1) is 0 Å². The molecule has 0 fully saturated rings. The van der Waals surface area contributed by atoms with Crippen LogP contribution in [0.4, 0.5) is 18.9 Å². The number of hydrogen-bond donors (Lipinski definition) is 1. The summed E-state index contributed by atoms with van der Waals surface area (Å²) in [5.74, 6) is 0. The summed E-state index contributed by atoms with van der Waals surface area (Å²) in [5.41, 5.74) is 0.167. The van der Waals surface area contributed by atoms with Crippen molar-refractivity contribution in [2.45, 2.75) is 17.5 Å². The highest BCUT2D eigenvalue weighted by molar-refractivity contribution is 7.89. The summed E-state index contributed by atoms with van der Waals surface area (Å²) in [5, 5.41) is 2.50. The van der Waals surface area contributed by atoms with Crippen molar-refractivity contribution in [1.29, 1.82) is 0 Å². The molecule has 1 rings (SSSR count). The van der Waals surface area contributed by atoms with Crippen LogP contribution in [0.25, 0.3) is 0 Å². The zero-order valence-corrected chi connectivity index (χ0v) is 11.3. The van der Waals surface area contributed by atoms with Crippen molar-refractivity contribution < 1.29 is 21.6 Å². The number of benzene rings is 1. The maximum atomic E-state index is 12.1. The first-order valence-corrected chi connectivity index (χ1v) is 6.91. The molecule has 0 spiro atoms. The fourth-order valence-corrected chi connectivity index (χ4v) is 2.44. The number of halogens is 3. The van der Waals surface area contributed by atoms with Gasteiger partial charge in [0.15, 0.2) is 0 Å². The lowest BCUT2D eigenvalue weighted by Gasteiger charge is -2.16. The molecule has 108 valence electrons. The molecule has 8 heteroatoms. The first-order valence-electron chi connectivity index (χ1n) is 5.47. The molecule has 1 aromatic rings. The Bertz CT molecular complexity index is 527. The van der Waals surface area contributed by atoms with E-state index < -0.39 is 22.6 Å². The lowest BCUT2D eigenvalue weighted by atomic mass is 10.3. The van der Waals surface area contributed by atoms with Crippen LogP contribution in [-0.2, 0) is 10.0 Å². The number of nitrogens with zero attached hydrogens (tertiary/aromatic N) is 1. The molecule has 4 nitrogen and oxygen atoms in total. The second-order valence-corrected chi connectivity index (χ2v) is 6.20. The smallest absolute Gasteiger partial charge is 0.384 e. The van der Waals surface area contributed by atoms with E-state index in [1.807, 2.05) is 0 Å². The molecule has 0 amide bonds. The van der Waals surface area contributed by atoms with E-state index in [0.29, 0.717) is 0 Å². The Morgan fingerprint density at radius 1 is 1.21 bits per heavy atom. The molecule has 0 aliphatic carbocycles. The zero-order valence-electron chi connectivity index (χ0n) is 10.5. The fourth-order valence-electron chi connectivity index (χ4n) is 1.37. The number of para-hydroxylation sites is 1. The molecule has 0 atom stereocenters. The predicted molar refractivity (Wildman–Crippen MR) is 66.5 cm³/mol. The van der Waals surface area contributed by atoms with Gasteiger partial charge in [-0.15, -0.1) is 0 Å². The maximum Gasteiger partial charge on any atom is 0.390 e. The number of alkyl halides is 3. The predicted octanol–water partition coefficient (Wildman–Crippen LogP) is 2.30. The van der Waals surface area contributed by atoms with Gasteiger partial charge in [-0.25, -0.2) is 12.7 Å². The Kier molecular flexibility index (Phi) is 4.81. The third kappa shape index (κ3) is 4.39. The average Bonchev–Trinajstić information content (AvgIpc) is 2.27. The van der Waals surface area contributed by atoms with E-state index in [1.165, 1.54) is 32.3 Å². The Labute approximate surface area is 110 Å². The third-order valence-corrected chi connectivity index (χ3v) is 4.24. The van der Waals surface area contributed by atoms with Crippen molar-refractivity contribution in [2.24, 2.45) is 0 Å². The van der Waals surface area contributed by atoms with Crippen LogP contribution in [0.5, 0.6) is 0 Å². The largest absolute Gasteiger partial charge is 0.390 e. The fraction of sp³-hybridized carbons (Fsp3) is 0.455. The summed E-state index contributed by atoms with van der Waals surface area (Å²) in [6, 6.07) is 5.87. The summed E-state index contributed by atoms with van der Waals surface area (Å²) >= 11 is 0. The van der Waals surface area contributed by atoms with Gasteiger partial charge in [-0.1, -0.05) is 12.1 Å². The Hall–Kier alpha value is -1.28. The van der Waals surface area contributed by atoms with Crippen LogP contribution in [-0.4, -0.2) is 39.5 Å². The Morgan fingerprint density at radius 2 is 1.79 bits per heavy atom. The summed E-state index contributed by atoms with van der Waals surface area (Å²) in [6.07, 6.45) is -5.30. The monoisotopic (exact) mass is 296 g/mol. The van der Waals surface area contributed by atoms with Crippen LogP contribution in [0.2, 0.25) is 0 Å². The molecule has 0 bridgehead atoms. The average molecular weight is 296 g/mol. The second kappa shape index (κ2) is 5.79. The topological polar surface area (TPSA) is 49.4 Å². The van der Waals surface area contributed by atoms with Gasteiger partial charge in [-0.3, -0.25) is 0 Å². The minimum Gasteiger partial charge on any atom is -0.384 e. The Balaban J connectivity index is 2.92. The van der Waals surface area contributed by atoms with Crippen molar-refractivity contribution in [3.63, 3.8) is 0 Å². The highest BCUT2D eigenvalue weighted by Gasteiger charge is 2.27. The van der Waals surface area contributed by atoms with Gasteiger partial charge < -0.3 is 5.32 Å². The molecule has 0 saturated carbocycles. The lowest BCUT2D eigenvalue weighted by molar-refractivity contribution is -0.131. The number of hydrogen-bond acceptors (Lipinski definition) is 3. The maximum absolute atomic E-state index is 12.1. The molecule has 19 heavy (non-hydrogen) atoms. The van der Waals surface area contributed by atoms with Gasteiger partial charge in [0.1, 0.15) is 4.90 Å². The van der Waals surface area contributed by atoms with Gasteiger partial charge in [0.2, 0.25) is 10.0 Å². The highest BCUT2D eigenvalue weighted by atomic mass is 32.2. The number of rotatable bonds is 5. The normalized spacial score (nSPS) is 12.7. The van der Waals surface area contributed by atoms with Gasteiger partial charge in [0, 0.05) is 20.6 Å². The first kappa shape index (κ1) is 15.8. The number of anilines is 1. The van der Waals surface area contributed by atoms with Crippen LogP contribution in [0.3, 0.4) is 0 Å². The molecule has 0 aliphatic rings. The molecule has 0 unspecified atom stereocenters. The molecule has 0 heterocycles. The lowest BCUT2D eigenvalue weighted by Crippen LogP contribution is -2.24. The third-order valence-electron chi connectivity index (χ3n) is 2.37. The molecule has 0 aromatic heterocycles. The van der Waals surface area contributed by atoms with E-state index in [0.717, 1.165) is 4.31 Å². The van der Waals surface area contributed by atoms with E-state index in [-0.39, 0.29) is 17.1 Å². The van der Waals surface area contributed by atoms with Gasteiger partial charge in [-0.2, -0.15) is 13.2 Å². The van der Waals surface area contributed by atoms with Gasteiger partial charge in [-0.05, 0) is 12.1 Å². The summed E-state index contributed by atoms with van der Waals surface area (Å²) in [4.78, 5) is -0.0397. The number of nitrogens with one attached hydrogen (secondary N) is 1. The summed E-state index contributed by atoms with van der Waals surface area (Å²) < 4.78 is 61.1. The molecule has 0 saturated heterocycles.